The topological polar surface area (TPSA) is 25.8 Å². The highest BCUT2D eigenvalue weighted by molar-refractivity contribution is 6.31. The molecule has 0 saturated heterocycles. The second kappa shape index (κ2) is 7.11. The van der Waals surface area contributed by atoms with E-state index < -0.39 is 5.41 Å². The Labute approximate surface area is 158 Å². The summed E-state index contributed by atoms with van der Waals surface area (Å²) in [5.74, 6) is 0. The van der Waals surface area contributed by atoms with E-state index in [2.05, 4.69) is 40.5 Å². The van der Waals surface area contributed by atoms with Crippen molar-refractivity contribution in [2.45, 2.75) is 5.41 Å². The van der Waals surface area contributed by atoms with Gasteiger partial charge in [0.1, 0.15) is 0 Å². The maximum absolute atomic E-state index is 6.71. The van der Waals surface area contributed by atoms with Gasteiger partial charge >= 0.3 is 0 Å². The molecular formula is C23H17ClN2. The van der Waals surface area contributed by atoms with Gasteiger partial charge in [-0.05, 0) is 34.9 Å². The summed E-state index contributed by atoms with van der Waals surface area (Å²) in [5, 5.41) is 9.38. The average Bonchev–Trinajstić information content (AvgIpc) is 2.72. The van der Waals surface area contributed by atoms with Crippen LogP contribution in [0.25, 0.3) is 0 Å². The molecule has 1 aromatic heterocycles. The number of hydrogen-bond acceptors (Lipinski definition) is 2. The fourth-order valence-electron chi connectivity index (χ4n) is 3.55. The van der Waals surface area contributed by atoms with E-state index >= 15 is 0 Å². The van der Waals surface area contributed by atoms with Crippen LogP contribution in [-0.2, 0) is 5.41 Å². The second-order valence-electron chi connectivity index (χ2n) is 6.07. The lowest BCUT2D eigenvalue weighted by Gasteiger charge is -2.35. The van der Waals surface area contributed by atoms with Crippen molar-refractivity contribution in [1.29, 1.82) is 0 Å². The molecule has 0 aliphatic carbocycles. The average molecular weight is 357 g/mol. The zero-order valence-corrected chi connectivity index (χ0v) is 14.8. The van der Waals surface area contributed by atoms with Gasteiger partial charge in [0.25, 0.3) is 0 Å². The molecule has 0 amide bonds. The largest absolute Gasteiger partial charge is 0.159 e. The van der Waals surface area contributed by atoms with Gasteiger partial charge in [-0.15, -0.1) is 0 Å². The van der Waals surface area contributed by atoms with Gasteiger partial charge in [-0.1, -0.05) is 90.5 Å². The lowest BCUT2D eigenvalue weighted by molar-refractivity contribution is 0.693. The van der Waals surface area contributed by atoms with Crippen LogP contribution in [0.1, 0.15) is 22.4 Å². The maximum atomic E-state index is 6.71. The highest BCUT2D eigenvalue weighted by Crippen LogP contribution is 2.46. The van der Waals surface area contributed by atoms with Gasteiger partial charge in [-0.3, -0.25) is 0 Å². The van der Waals surface area contributed by atoms with E-state index in [9.17, 15) is 0 Å². The van der Waals surface area contributed by atoms with Crippen LogP contribution < -0.4 is 0 Å². The third-order valence-electron chi connectivity index (χ3n) is 4.65. The van der Waals surface area contributed by atoms with Crippen LogP contribution in [0.4, 0.5) is 0 Å². The van der Waals surface area contributed by atoms with Crippen molar-refractivity contribution < 1.29 is 0 Å². The van der Waals surface area contributed by atoms with E-state index in [1.165, 1.54) is 0 Å². The zero-order valence-electron chi connectivity index (χ0n) is 14.1. The molecule has 0 fully saturated rings. The number of halogens is 1. The minimum absolute atomic E-state index is 0.644. The summed E-state index contributed by atoms with van der Waals surface area (Å²) in [4.78, 5) is 0. The van der Waals surface area contributed by atoms with Gasteiger partial charge in [0.2, 0.25) is 0 Å². The number of rotatable bonds is 4. The molecule has 0 radical (unpaired) electrons. The molecule has 3 aromatic carbocycles. The summed E-state index contributed by atoms with van der Waals surface area (Å²) < 4.78 is 0. The Kier molecular flexibility index (Phi) is 4.51. The molecule has 0 unspecified atom stereocenters. The molecule has 0 atom stereocenters. The number of nitrogens with zero attached hydrogens (tertiary/aromatic N) is 2. The Morgan fingerprint density at radius 1 is 0.615 bits per heavy atom. The number of aromatic nitrogens is 2. The van der Waals surface area contributed by atoms with Gasteiger partial charge in [-0.2, -0.15) is 10.2 Å². The van der Waals surface area contributed by atoms with E-state index in [4.69, 9.17) is 11.6 Å². The van der Waals surface area contributed by atoms with E-state index in [0.29, 0.717) is 5.02 Å². The van der Waals surface area contributed by atoms with Gasteiger partial charge in [-0.25, -0.2) is 0 Å². The quantitative estimate of drug-likeness (QED) is 0.450. The Morgan fingerprint density at radius 2 is 1.19 bits per heavy atom. The lowest BCUT2D eigenvalue weighted by atomic mass is 9.67. The van der Waals surface area contributed by atoms with Crippen LogP contribution in [0.5, 0.6) is 0 Å². The number of hydrogen-bond donors (Lipinski definition) is 0. The van der Waals surface area contributed by atoms with Crippen molar-refractivity contribution in [1.82, 2.24) is 10.2 Å². The van der Waals surface area contributed by atoms with Crippen LogP contribution in [0.2, 0.25) is 5.02 Å². The Bertz CT molecular complexity index is 889. The Hall–Kier alpha value is -2.97. The van der Waals surface area contributed by atoms with Gasteiger partial charge in [0.05, 0.1) is 11.1 Å². The van der Waals surface area contributed by atoms with Gasteiger partial charge in [0, 0.05) is 11.2 Å². The zero-order chi connectivity index (χ0) is 17.8. The first kappa shape index (κ1) is 16.5. The van der Waals surface area contributed by atoms with Crippen molar-refractivity contribution in [2.75, 3.05) is 0 Å². The monoisotopic (exact) mass is 356 g/mol. The second-order valence-corrected chi connectivity index (χ2v) is 6.48. The van der Waals surface area contributed by atoms with Crippen LogP contribution in [0.15, 0.2) is 103 Å². The normalized spacial score (nSPS) is 11.3. The highest BCUT2D eigenvalue weighted by Gasteiger charge is 2.41. The van der Waals surface area contributed by atoms with Crippen molar-refractivity contribution in [3.8, 4) is 0 Å². The van der Waals surface area contributed by atoms with Crippen LogP contribution in [-0.4, -0.2) is 10.2 Å². The van der Waals surface area contributed by atoms with E-state index in [1.54, 1.807) is 6.20 Å². The summed E-state index contributed by atoms with van der Waals surface area (Å²) in [6.07, 6.45) is 1.69. The molecule has 0 aliphatic heterocycles. The smallest absolute Gasteiger partial charge is 0.0906 e. The number of benzene rings is 3. The summed E-state index contributed by atoms with van der Waals surface area (Å²) >= 11 is 6.71. The molecule has 4 rings (SSSR count). The molecule has 126 valence electrons. The predicted molar refractivity (Wildman–Crippen MR) is 105 cm³/mol. The molecule has 1 heterocycles. The van der Waals surface area contributed by atoms with E-state index in [0.717, 1.165) is 22.4 Å². The molecule has 2 nitrogen and oxygen atoms in total. The third kappa shape index (κ3) is 2.69. The first-order chi connectivity index (χ1) is 12.8. The molecule has 0 saturated carbocycles. The summed E-state index contributed by atoms with van der Waals surface area (Å²) in [7, 11) is 0. The first-order valence-corrected chi connectivity index (χ1v) is 8.85. The fraction of sp³-hybridized carbons (Fsp3) is 0.0435. The van der Waals surface area contributed by atoms with Gasteiger partial charge < -0.3 is 0 Å². The molecule has 26 heavy (non-hydrogen) atoms. The molecule has 0 N–H and O–H groups in total. The van der Waals surface area contributed by atoms with Crippen LogP contribution >= 0.6 is 11.6 Å². The Morgan fingerprint density at radius 3 is 1.73 bits per heavy atom. The summed E-state index contributed by atoms with van der Waals surface area (Å²) in [5.41, 5.74) is 3.37. The standard InChI is InChI=1S/C23H17ClN2/c24-21-15-8-7-14-20(21)23(18-10-3-1-4-11-18,19-12-5-2-6-13-19)22-16-9-17-25-26-22/h1-17H. The third-order valence-corrected chi connectivity index (χ3v) is 4.98. The Balaban J connectivity index is 2.17. The SMILES string of the molecule is Clc1ccccc1C(c1ccccc1)(c1ccccc1)c1cccnn1. The lowest BCUT2D eigenvalue weighted by Crippen LogP contribution is -2.32. The van der Waals surface area contributed by atoms with E-state index in [-0.39, 0.29) is 0 Å². The molecule has 0 aliphatic rings. The van der Waals surface area contributed by atoms with Crippen molar-refractivity contribution in [3.63, 3.8) is 0 Å². The first-order valence-electron chi connectivity index (χ1n) is 8.47. The molecule has 3 heteroatoms. The van der Waals surface area contributed by atoms with Crippen molar-refractivity contribution in [3.05, 3.63) is 131 Å². The van der Waals surface area contributed by atoms with Crippen molar-refractivity contribution in [2.24, 2.45) is 0 Å². The van der Waals surface area contributed by atoms with Gasteiger partial charge in [0.15, 0.2) is 0 Å². The van der Waals surface area contributed by atoms with Crippen LogP contribution in [0.3, 0.4) is 0 Å². The molecule has 0 spiro atoms. The molecule has 4 aromatic rings. The molecule has 0 bridgehead atoms. The van der Waals surface area contributed by atoms with Crippen LogP contribution in [0, 0.1) is 0 Å². The summed E-state index contributed by atoms with van der Waals surface area (Å²) in [6, 6.07) is 32.5. The minimum atomic E-state index is -0.644. The minimum Gasteiger partial charge on any atom is -0.159 e. The summed E-state index contributed by atoms with van der Waals surface area (Å²) in [6.45, 7) is 0. The van der Waals surface area contributed by atoms with Crippen molar-refractivity contribution >= 4 is 11.6 Å². The maximum Gasteiger partial charge on any atom is 0.0906 e. The fourth-order valence-corrected chi connectivity index (χ4v) is 3.83. The van der Waals surface area contributed by atoms with E-state index in [1.807, 2.05) is 66.7 Å². The molecular weight excluding hydrogens is 340 g/mol. The highest BCUT2D eigenvalue weighted by atomic mass is 35.5. The predicted octanol–water partition coefficient (Wildman–Crippen LogP) is 5.51.